The van der Waals surface area contributed by atoms with Crippen LogP contribution < -0.4 is 9.47 Å². The van der Waals surface area contributed by atoms with Gasteiger partial charge < -0.3 is 14.2 Å². The van der Waals surface area contributed by atoms with E-state index in [1.807, 2.05) is 0 Å². The number of carbonyl (C=O) groups is 2. The summed E-state index contributed by atoms with van der Waals surface area (Å²) in [6.07, 6.45) is 0. The van der Waals surface area contributed by atoms with Crippen LogP contribution >= 0.6 is 11.6 Å². The maximum absolute atomic E-state index is 12.2. The Labute approximate surface area is 153 Å². The molecular formula is C17H14ClNO7. The number of halogens is 1. The van der Waals surface area contributed by atoms with Gasteiger partial charge in [0.15, 0.2) is 23.9 Å². The summed E-state index contributed by atoms with van der Waals surface area (Å²) in [4.78, 5) is 34.8. The molecule has 0 N–H and O–H groups in total. The molecule has 0 aliphatic carbocycles. The number of ketones is 1. The largest absolute Gasteiger partial charge is 0.493 e. The first-order chi connectivity index (χ1) is 12.4. The normalized spacial score (nSPS) is 10.1. The third-order valence-corrected chi connectivity index (χ3v) is 3.63. The van der Waals surface area contributed by atoms with Crippen LogP contribution in [0.4, 0.5) is 5.69 Å². The van der Waals surface area contributed by atoms with E-state index in [0.29, 0.717) is 5.02 Å². The fourth-order valence-electron chi connectivity index (χ4n) is 2.14. The van der Waals surface area contributed by atoms with E-state index in [2.05, 4.69) is 0 Å². The van der Waals surface area contributed by atoms with Crippen LogP contribution in [0.25, 0.3) is 0 Å². The molecule has 9 heteroatoms. The molecular weight excluding hydrogens is 366 g/mol. The van der Waals surface area contributed by atoms with E-state index in [4.69, 9.17) is 25.8 Å². The molecule has 0 atom stereocenters. The first-order valence-corrected chi connectivity index (χ1v) is 7.61. The van der Waals surface area contributed by atoms with Crippen molar-refractivity contribution in [2.45, 2.75) is 0 Å². The van der Waals surface area contributed by atoms with Crippen molar-refractivity contribution in [3.8, 4) is 11.5 Å². The fourth-order valence-corrected chi connectivity index (χ4v) is 2.33. The molecule has 0 aliphatic rings. The summed E-state index contributed by atoms with van der Waals surface area (Å²) in [7, 11) is 2.63. The zero-order chi connectivity index (χ0) is 19.3. The number of carbonyl (C=O) groups excluding carboxylic acids is 2. The van der Waals surface area contributed by atoms with Crippen molar-refractivity contribution in [3.63, 3.8) is 0 Å². The van der Waals surface area contributed by atoms with Gasteiger partial charge in [0.05, 0.1) is 25.2 Å². The second-order valence-electron chi connectivity index (χ2n) is 4.99. The van der Waals surface area contributed by atoms with E-state index in [0.717, 1.165) is 12.1 Å². The summed E-state index contributed by atoms with van der Waals surface area (Å²) in [6, 6.07) is 8.29. The number of nitrogens with zero attached hydrogens (tertiary/aromatic N) is 1. The van der Waals surface area contributed by atoms with Gasteiger partial charge in [0, 0.05) is 16.7 Å². The number of hydrogen-bond acceptors (Lipinski definition) is 7. The van der Waals surface area contributed by atoms with Crippen molar-refractivity contribution in [2.75, 3.05) is 20.8 Å². The molecule has 8 nitrogen and oxygen atoms in total. The van der Waals surface area contributed by atoms with E-state index in [9.17, 15) is 19.7 Å². The Bertz CT molecular complexity index is 866. The maximum Gasteiger partial charge on any atom is 0.345 e. The molecule has 0 saturated heterocycles. The van der Waals surface area contributed by atoms with Crippen molar-refractivity contribution >= 4 is 29.0 Å². The molecule has 0 fully saturated rings. The van der Waals surface area contributed by atoms with Gasteiger partial charge in [0.25, 0.3) is 5.69 Å². The zero-order valence-electron chi connectivity index (χ0n) is 13.9. The predicted molar refractivity (Wildman–Crippen MR) is 92.3 cm³/mol. The average Bonchev–Trinajstić information content (AvgIpc) is 2.64. The van der Waals surface area contributed by atoms with Crippen molar-refractivity contribution in [1.29, 1.82) is 0 Å². The SMILES string of the molecule is COc1cc(C(=O)OCC(=O)c2cccc(Cl)c2)c([N+](=O)[O-])cc1OC. The molecule has 0 unspecified atom stereocenters. The molecule has 0 aromatic heterocycles. The third kappa shape index (κ3) is 4.28. The van der Waals surface area contributed by atoms with E-state index in [1.54, 1.807) is 12.1 Å². The number of benzene rings is 2. The fraction of sp³-hybridized carbons (Fsp3) is 0.176. The molecule has 0 aliphatic heterocycles. The Morgan fingerprint density at radius 2 is 1.77 bits per heavy atom. The van der Waals surface area contributed by atoms with Gasteiger partial charge in [-0.25, -0.2) is 4.79 Å². The molecule has 2 aromatic carbocycles. The summed E-state index contributed by atoms with van der Waals surface area (Å²) in [5.41, 5.74) is -0.624. The van der Waals surface area contributed by atoms with Crippen molar-refractivity contribution < 1.29 is 28.7 Å². The van der Waals surface area contributed by atoms with Crippen molar-refractivity contribution in [3.05, 3.63) is 62.7 Å². The number of methoxy groups -OCH3 is 2. The van der Waals surface area contributed by atoms with Crippen molar-refractivity contribution in [2.24, 2.45) is 0 Å². The number of nitro groups is 1. The molecule has 0 spiro atoms. The smallest absolute Gasteiger partial charge is 0.345 e. The summed E-state index contributed by atoms with van der Waals surface area (Å²) < 4.78 is 14.9. The molecule has 2 rings (SSSR count). The monoisotopic (exact) mass is 379 g/mol. The van der Waals surface area contributed by atoms with Crippen molar-refractivity contribution in [1.82, 2.24) is 0 Å². The lowest BCUT2D eigenvalue weighted by molar-refractivity contribution is -0.385. The molecule has 136 valence electrons. The highest BCUT2D eigenvalue weighted by Gasteiger charge is 2.26. The van der Waals surface area contributed by atoms with Gasteiger partial charge >= 0.3 is 5.97 Å². The van der Waals surface area contributed by atoms with Gasteiger partial charge in [0.2, 0.25) is 0 Å². The highest BCUT2D eigenvalue weighted by molar-refractivity contribution is 6.31. The van der Waals surface area contributed by atoms with Crippen LogP contribution in [0, 0.1) is 10.1 Å². The van der Waals surface area contributed by atoms with Crippen LogP contribution in [0.1, 0.15) is 20.7 Å². The summed E-state index contributed by atoms with van der Waals surface area (Å²) in [5, 5.41) is 11.6. The lowest BCUT2D eigenvalue weighted by Crippen LogP contribution is -2.15. The maximum atomic E-state index is 12.2. The lowest BCUT2D eigenvalue weighted by atomic mass is 10.1. The Morgan fingerprint density at radius 3 is 2.35 bits per heavy atom. The highest BCUT2D eigenvalue weighted by Crippen LogP contribution is 2.34. The van der Waals surface area contributed by atoms with Gasteiger partial charge in [-0.3, -0.25) is 14.9 Å². The van der Waals surface area contributed by atoms with Gasteiger partial charge in [-0.15, -0.1) is 0 Å². The molecule has 0 saturated carbocycles. The summed E-state index contributed by atoms with van der Waals surface area (Å²) in [6.45, 7) is -0.593. The average molecular weight is 380 g/mol. The van der Waals surface area contributed by atoms with Gasteiger partial charge in [-0.1, -0.05) is 23.7 Å². The number of hydrogen-bond donors (Lipinski definition) is 0. The first-order valence-electron chi connectivity index (χ1n) is 7.23. The molecule has 0 heterocycles. The Morgan fingerprint density at radius 1 is 1.12 bits per heavy atom. The number of rotatable bonds is 7. The van der Waals surface area contributed by atoms with Gasteiger partial charge in [-0.05, 0) is 12.1 Å². The number of ether oxygens (including phenoxy) is 3. The number of nitro benzene ring substituents is 1. The van der Waals surface area contributed by atoms with Gasteiger partial charge in [0.1, 0.15) is 5.56 Å². The number of esters is 1. The summed E-state index contributed by atoms with van der Waals surface area (Å²) in [5.74, 6) is -1.33. The lowest BCUT2D eigenvalue weighted by Gasteiger charge is -2.10. The Hall–Kier alpha value is -3.13. The second kappa shape index (κ2) is 8.30. The van der Waals surface area contributed by atoms with Crippen LogP contribution in [0.15, 0.2) is 36.4 Å². The minimum absolute atomic E-state index is 0.0887. The standard InChI is InChI=1S/C17H14ClNO7/c1-24-15-7-12(13(19(22)23)8-16(15)25-2)17(21)26-9-14(20)10-4-3-5-11(18)6-10/h3-8H,9H2,1-2H3. The van der Waals surface area contributed by atoms with Crippen LogP contribution in [0.5, 0.6) is 11.5 Å². The Balaban J connectivity index is 2.23. The molecule has 0 bridgehead atoms. The van der Waals surface area contributed by atoms with Gasteiger partial charge in [-0.2, -0.15) is 0 Å². The minimum Gasteiger partial charge on any atom is -0.493 e. The molecule has 0 amide bonds. The third-order valence-electron chi connectivity index (χ3n) is 3.40. The van der Waals surface area contributed by atoms with Crippen LogP contribution in [0.2, 0.25) is 5.02 Å². The first kappa shape index (κ1) is 19.2. The van der Waals surface area contributed by atoms with E-state index >= 15 is 0 Å². The van der Waals surface area contributed by atoms with E-state index in [-0.39, 0.29) is 22.6 Å². The second-order valence-corrected chi connectivity index (χ2v) is 5.43. The highest BCUT2D eigenvalue weighted by atomic mass is 35.5. The quantitative estimate of drug-likeness (QED) is 0.314. The number of Topliss-reactive ketones (excluding diaryl/α,β-unsaturated/α-hetero) is 1. The molecule has 2 aromatic rings. The van der Waals surface area contributed by atoms with Crippen LogP contribution in [0.3, 0.4) is 0 Å². The van der Waals surface area contributed by atoms with E-state index in [1.165, 1.54) is 26.4 Å². The van der Waals surface area contributed by atoms with E-state index < -0.39 is 29.0 Å². The molecule has 26 heavy (non-hydrogen) atoms. The predicted octanol–water partition coefficient (Wildman–Crippen LogP) is 3.31. The summed E-state index contributed by atoms with van der Waals surface area (Å²) >= 11 is 5.80. The van der Waals surface area contributed by atoms with Crippen LogP contribution in [-0.4, -0.2) is 37.5 Å². The Kier molecular flexibility index (Phi) is 6.13. The topological polar surface area (TPSA) is 105 Å². The minimum atomic E-state index is -1.03. The molecule has 0 radical (unpaired) electrons. The zero-order valence-corrected chi connectivity index (χ0v) is 14.6. The van der Waals surface area contributed by atoms with Crippen LogP contribution in [-0.2, 0) is 4.74 Å².